The molecule has 0 saturated heterocycles. The second-order valence-corrected chi connectivity index (χ2v) is 4.51. The zero-order valence-electron chi connectivity index (χ0n) is 10.5. The van der Waals surface area contributed by atoms with E-state index in [4.69, 9.17) is 0 Å². The second kappa shape index (κ2) is 5.27. The largest absolute Gasteiger partial charge is 0.388 e. The molecule has 0 aliphatic heterocycles. The van der Waals surface area contributed by atoms with E-state index in [1.807, 2.05) is 19.1 Å². The molecule has 1 aromatic heterocycles. The van der Waals surface area contributed by atoms with Gasteiger partial charge in [0.1, 0.15) is 5.82 Å². The number of rotatable bonds is 3. The Morgan fingerprint density at radius 3 is 2.44 bits per heavy atom. The summed E-state index contributed by atoms with van der Waals surface area (Å²) in [4.78, 5) is 3.96. The van der Waals surface area contributed by atoms with E-state index in [0.717, 1.165) is 16.7 Å². The molecule has 0 saturated carbocycles. The third-order valence-electron chi connectivity index (χ3n) is 3.26. The van der Waals surface area contributed by atoms with E-state index in [1.165, 1.54) is 12.1 Å². The fourth-order valence-corrected chi connectivity index (χ4v) is 2.09. The molecular formula is C15H16FNO. The predicted octanol–water partition coefficient (Wildman–Crippen LogP) is 3.37. The van der Waals surface area contributed by atoms with E-state index < -0.39 is 6.10 Å². The number of halogens is 1. The van der Waals surface area contributed by atoms with Crippen LogP contribution in [0.1, 0.15) is 35.6 Å². The Hall–Kier alpha value is -1.74. The number of pyridine rings is 1. The van der Waals surface area contributed by atoms with E-state index in [1.54, 1.807) is 25.4 Å². The monoisotopic (exact) mass is 245 g/mol. The molecule has 1 aromatic carbocycles. The third kappa shape index (κ3) is 2.57. The first-order valence-corrected chi connectivity index (χ1v) is 5.93. The summed E-state index contributed by atoms with van der Waals surface area (Å²) in [5.74, 6) is -0.336. The number of hydrogen-bond donors (Lipinski definition) is 1. The lowest BCUT2D eigenvalue weighted by molar-refractivity contribution is 0.151. The highest BCUT2D eigenvalue weighted by atomic mass is 19.1. The molecule has 3 heteroatoms. The van der Waals surface area contributed by atoms with Crippen LogP contribution in [0.25, 0.3) is 0 Å². The number of nitrogens with zero attached hydrogens (tertiary/aromatic N) is 1. The smallest absolute Gasteiger partial charge is 0.123 e. The van der Waals surface area contributed by atoms with Gasteiger partial charge in [0.05, 0.1) is 6.10 Å². The van der Waals surface area contributed by atoms with E-state index in [9.17, 15) is 9.50 Å². The van der Waals surface area contributed by atoms with Crippen molar-refractivity contribution in [2.24, 2.45) is 0 Å². The van der Waals surface area contributed by atoms with Gasteiger partial charge in [-0.05, 0) is 47.9 Å². The molecule has 94 valence electrons. The van der Waals surface area contributed by atoms with Crippen LogP contribution in [-0.2, 0) is 0 Å². The van der Waals surface area contributed by atoms with Gasteiger partial charge in [-0.3, -0.25) is 4.98 Å². The maximum Gasteiger partial charge on any atom is 0.123 e. The zero-order chi connectivity index (χ0) is 13.1. The van der Waals surface area contributed by atoms with Gasteiger partial charge in [0, 0.05) is 18.3 Å². The van der Waals surface area contributed by atoms with E-state index in [-0.39, 0.29) is 11.7 Å². The Balaban J connectivity index is 2.28. The van der Waals surface area contributed by atoms with Crippen LogP contribution >= 0.6 is 0 Å². The van der Waals surface area contributed by atoms with Crippen molar-refractivity contribution in [1.29, 1.82) is 0 Å². The molecule has 18 heavy (non-hydrogen) atoms. The van der Waals surface area contributed by atoms with Crippen LogP contribution in [0.3, 0.4) is 0 Å². The fourth-order valence-electron chi connectivity index (χ4n) is 2.09. The number of aromatic nitrogens is 1. The molecule has 0 aliphatic rings. The van der Waals surface area contributed by atoms with Gasteiger partial charge in [-0.1, -0.05) is 13.0 Å². The fraction of sp³-hybridized carbons (Fsp3) is 0.267. The van der Waals surface area contributed by atoms with Crippen LogP contribution in [0, 0.1) is 12.7 Å². The molecule has 0 aliphatic carbocycles. The van der Waals surface area contributed by atoms with Gasteiger partial charge in [0.25, 0.3) is 0 Å². The molecule has 1 heterocycles. The van der Waals surface area contributed by atoms with Crippen molar-refractivity contribution in [2.75, 3.05) is 0 Å². The molecule has 2 rings (SSSR count). The van der Waals surface area contributed by atoms with Crippen molar-refractivity contribution in [2.45, 2.75) is 25.9 Å². The normalized spacial score (nSPS) is 14.2. The summed E-state index contributed by atoms with van der Waals surface area (Å²) in [7, 11) is 0. The van der Waals surface area contributed by atoms with Gasteiger partial charge in [0.15, 0.2) is 0 Å². The second-order valence-electron chi connectivity index (χ2n) is 4.51. The minimum Gasteiger partial charge on any atom is -0.388 e. The van der Waals surface area contributed by atoms with Crippen LogP contribution in [0.2, 0.25) is 0 Å². The van der Waals surface area contributed by atoms with Crippen LogP contribution < -0.4 is 0 Å². The molecule has 0 radical (unpaired) electrons. The lowest BCUT2D eigenvalue weighted by Crippen LogP contribution is -2.09. The van der Waals surface area contributed by atoms with Crippen molar-refractivity contribution in [1.82, 2.24) is 4.98 Å². The maximum atomic E-state index is 13.0. The number of aryl methyl sites for hydroxylation is 1. The Morgan fingerprint density at radius 1 is 1.17 bits per heavy atom. The molecule has 1 N–H and O–H groups in total. The SMILES string of the molecule is Cc1cc(F)ccc1C(O)C(C)c1ccncc1. The Bertz CT molecular complexity index is 527. The first-order valence-electron chi connectivity index (χ1n) is 5.93. The highest BCUT2D eigenvalue weighted by molar-refractivity contribution is 5.31. The Morgan fingerprint density at radius 2 is 1.83 bits per heavy atom. The van der Waals surface area contributed by atoms with Crippen molar-refractivity contribution < 1.29 is 9.50 Å². The van der Waals surface area contributed by atoms with E-state index in [2.05, 4.69) is 4.98 Å². The van der Waals surface area contributed by atoms with Gasteiger partial charge in [0.2, 0.25) is 0 Å². The maximum absolute atomic E-state index is 13.0. The van der Waals surface area contributed by atoms with Gasteiger partial charge in [-0.25, -0.2) is 4.39 Å². The number of benzene rings is 1. The summed E-state index contributed by atoms with van der Waals surface area (Å²) in [6.45, 7) is 3.75. The average molecular weight is 245 g/mol. The van der Waals surface area contributed by atoms with Crippen molar-refractivity contribution in [3.63, 3.8) is 0 Å². The highest BCUT2D eigenvalue weighted by Gasteiger charge is 2.19. The van der Waals surface area contributed by atoms with Gasteiger partial charge >= 0.3 is 0 Å². The number of hydrogen-bond acceptors (Lipinski definition) is 2. The summed E-state index contributed by atoms with van der Waals surface area (Å²) < 4.78 is 13.0. The lowest BCUT2D eigenvalue weighted by Gasteiger charge is -2.21. The lowest BCUT2D eigenvalue weighted by atomic mass is 9.89. The molecule has 2 nitrogen and oxygen atoms in total. The summed E-state index contributed by atoms with van der Waals surface area (Å²) in [6.07, 6.45) is 2.76. The van der Waals surface area contributed by atoms with E-state index in [0.29, 0.717) is 0 Å². The summed E-state index contributed by atoms with van der Waals surface area (Å²) >= 11 is 0. The first-order chi connectivity index (χ1) is 8.59. The predicted molar refractivity (Wildman–Crippen MR) is 68.7 cm³/mol. The van der Waals surface area contributed by atoms with Gasteiger partial charge < -0.3 is 5.11 Å². The van der Waals surface area contributed by atoms with Crippen molar-refractivity contribution in [3.05, 3.63) is 65.2 Å². The first kappa shape index (κ1) is 12.7. The number of aliphatic hydroxyl groups excluding tert-OH is 1. The standard InChI is InChI=1S/C15H16FNO/c1-10-9-13(16)3-4-14(10)15(18)11(2)12-5-7-17-8-6-12/h3-9,11,15,18H,1-2H3. The Kier molecular flexibility index (Phi) is 3.72. The average Bonchev–Trinajstić information content (AvgIpc) is 2.38. The molecule has 0 spiro atoms. The Labute approximate surface area is 106 Å². The van der Waals surface area contributed by atoms with Crippen LogP contribution in [0.5, 0.6) is 0 Å². The minimum atomic E-state index is -0.645. The van der Waals surface area contributed by atoms with Crippen molar-refractivity contribution in [3.8, 4) is 0 Å². The molecule has 2 aromatic rings. The van der Waals surface area contributed by atoms with Crippen LogP contribution in [0.15, 0.2) is 42.7 Å². The molecule has 2 unspecified atom stereocenters. The number of aliphatic hydroxyl groups is 1. The summed E-state index contributed by atoms with van der Waals surface area (Å²) in [6, 6.07) is 8.23. The minimum absolute atomic E-state index is 0.0582. The summed E-state index contributed by atoms with van der Waals surface area (Å²) in [5, 5.41) is 10.4. The summed E-state index contributed by atoms with van der Waals surface area (Å²) in [5.41, 5.74) is 2.55. The van der Waals surface area contributed by atoms with Crippen LogP contribution in [-0.4, -0.2) is 10.1 Å². The molecule has 0 bridgehead atoms. The molecular weight excluding hydrogens is 229 g/mol. The third-order valence-corrected chi connectivity index (χ3v) is 3.26. The highest BCUT2D eigenvalue weighted by Crippen LogP contribution is 2.31. The molecule has 0 amide bonds. The zero-order valence-corrected chi connectivity index (χ0v) is 10.5. The topological polar surface area (TPSA) is 33.1 Å². The van der Waals surface area contributed by atoms with E-state index >= 15 is 0 Å². The molecule has 0 fully saturated rings. The molecule has 2 atom stereocenters. The van der Waals surface area contributed by atoms with Crippen LogP contribution in [0.4, 0.5) is 4.39 Å². The van der Waals surface area contributed by atoms with Gasteiger partial charge in [-0.2, -0.15) is 0 Å². The quantitative estimate of drug-likeness (QED) is 0.899. The van der Waals surface area contributed by atoms with Gasteiger partial charge in [-0.15, -0.1) is 0 Å². The van der Waals surface area contributed by atoms with Crippen molar-refractivity contribution >= 4 is 0 Å².